The van der Waals surface area contributed by atoms with E-state index in [9.17, 15) is 9.59 Å². The van der Waals surface area contributed by atoms with Crippen LogP contribution >= 0.6 is 0 Å². The van der Waals surface area contributed by atoms with Gasteiger partial charge in [0, 0.05) is 37.3 Å². The van der Waals surface area contributed by atoms with Crippen LogP contribution in [0.1, 0.15) is 46.0 Å². The fourth-order valence-corrected chi connectivity index (χ4v) is 3.07. The zero-order valence-electron chi connectivity index (χ0n) is 14.8. The van der Waals surface area contributed by atoms with Crippen LogP contribution in [0.5, 0.6) is 0 Å². The van der Waals surface area contributed by atoms with Crippen molar-refractivity contribution in [2.24, 2.45) is 0 Å². The maximum Gasteiger partial charge on any atom is 0.253 e. The molecule has 0 atom stereocenters. The normalized spacial score (nSPS) is 14.7. The van der Waals surface area contributed by atoms with Crippen molar-refractivity contribution in [3.8, 4) is 0 Å². The molecule has 0 aliphatic carbocycles. The smallest absolute Gasteiger partial charge is 0.253 e. The average molecular weight is 336 g/mol. The number of benzene rings is 2. The van der Waals surface area contributed by atoms with Gasteiger partial charge in [0.05, 0.1) is 0 Å². The second kappa shape index (κ2) is 7.51. The summed E-state index contributed by atoms with van der Waals surface area (Å²) in [4.78, 5) is 28.8. The molecule has 0 radical (unpaired) electrons. The average Bonchev–Trinajstić information content (AvgIpc) is 2.67. The zero-order chi connectivity index (χ0) is 17.8. The molecule has 0 spiro atoms. The first-order valence-corrected chi connectivity index (χ1v) is 8.80. The van der Waals surface area contributed by atoms with E-state index in [0.29, 0.717) is 43.2 Å². The molecule has 0 aromatic heterocycles. The Labute approximate surface area is 149 Å². The molecule has 1 fully saturated rings. The molecule has 4 nitrogen and oxygen atoms in total. The van der Waals surface area contributed by atoms with E-state index < -0.39 is 0 Å². The van der Waals surface area contributed by atoms with Gasteiger partial charge >= 0.3 is 0 Å². The third-order valence-electron chi connectivity index (χ3n) is 4.70. The van der Waals surface area contributed by atoms with E-state index in [0.717, 1.165) is 0 Å². The lowest BCUT2D eigenvalue weighted by Crippen LogP contribution is -2.50. The molecule has 1 aliphatic heterocycles. The Bertz CT molecular complexity index is 730. The number of carbonyl (C=O) groups excluding carboxylic acids is 2. The van der Waals surface area contributed by atoms with Crippen LogP contribution in [0.2, 0.25) is 0 Å². The fraction of sp³-hybridized carbons (Fsp3) is 0.333. The molecule has 130 valence electrons. The molecule has 0 unspecified atom stereocenters. The highest BCUT2D eigenvalue weighted by Gasteiger charge is 2.25. The van der Waals surface area contributed by atoms with E-state index >= 15 is 0 Å². The van der Waals surface area contributed by atoms with Crippen LogP contribution < -0.4 is 0 Å². The van der Waals surface area contributed by atoms with Gasteiger partial charge in [-0.2, -0.15) is 0 Å². The van der Waals surface area contributed by atoms with Crippen LogP contribution in [0.4, 0.5) is 0 Å². The van der Waals surface area contributed by atoms with Gasteiger partial charge in [-0.15, -0.1) is 0 Å². The van der Waals surface area contributed by atoms with Crippen LogP contribution in [-0.4, -0.2) is 47.8 Å². The zero-order valence-corrected chi connectivity index (χ0v) is 14.8. The highest BCUT2D eigenvalue weighted by molar-refractivity contribution is 5.96. The third kappa shape index (κ3) is 3.90. The molecule has 2 aromatic carbocycles. The molecule has 2 amide bonds. The standard InChI is InChI=1S/C21H24N2O2/c1-16(2)17-8-10-19(11-9-17)21(25)23-14-12-22(13-15-23)20(24)18-6-4-3-5-7-18/h3-11,16H,12-15H2,1-2H3. The first-order valence-electron chi connectivity index (χ1n) is 8.80. The Morgan fingerprint density at radius 1 is 0.720 bits per heavy atom. The number of nitrogens with zero attached hydrogens (tertiary/aromatic N) is 2. The van der Waals surface area contributed by atoms with Crippen LogP contribution in [0.15, 0.2) is 54.6 Å². The molecule has 3 rings (SSSR count). The van der Waals surface area contributed by atoms with Crippen molar-refractivity contribution < 1.29 is 9.59 Å². The number of amides is 2. The van der Waals surface area contributed by atoms with E-state index in [-0.39, 0.29) is 11.8 Å². The predicted molar refractivity (Wildman–Crippen MR) is 98.8 cm³/mol. The molecule has 25 heavy (non-hydrogen) atoms. The Kier molecular flexibility index (Phi) is 5.17. The van der Waals surface area contributed by atoms with E-state index in [2.05, 4.69) is 13.8 Å². The number of hydrogen-bond donors (Lipinski definition) is 0. The molecular formula is C21H24N2O2. The van der Waals surface area contributed by atoms with Gasteiger partial charge < -0.3 is 9.80 Å². The van der Waals surface area contributed by atoms with Gasteiger partial charge in [-0.1, -0.05) is 44.2 Å². The van der Waals surface area contributed by atoms with Crippen LogP contribution in [0.25, 0.3) is 0 Å². The van der Waals surface area contributed by atoms with Crippen LogP contribution in [0, 0.1) is 0 Å². The maximum absolute atomic E-state index is 12.6. The van der Waals surface area contributed by atoms with E-state index in [4.69, 9.17) is 0 Å². The lowest BCUT2D eigenvalue weighted by atomic mass is 10.0. The molecule has 0 saturated carbocycles. The van der Waals surface area contributed by atoms with Gasteiger partial charge in [-0.05, 0) is 35.7 Å². The number of piperazine rings is 1. The van der Waals surface area contributed by atoms with Gasteiger partial charge in [0.2, 0.25) is 0 Å². The van der Waals surface area contributed by atoms with Crippen molar-refractivity contribution in [2.75, 3.05) is 26.2 Å². The Morgan fingerprint density at radius 2 is 1.16 bits per heavy atom. The van der Waals surface area contributed by atoms with Crippen molar-refractivity contribution in [3.63, 3.8) is 0 Å². The molecule has 1 heterocycles. The Balaban J connectivity index is 1.60. The second-order valence-corrected chi connectivity index (χ2v) is 6.73. The van der Waals surface area contributed by atoms with Gasteiger partial charge in [0.15, 0.2) is 0 Å². The molecule has 0 N–H and O–H groups in total. The van der Waals surface area contributed by atoms with Gasteiger partial charge in [-0.3, -0.25) is 9.59 Å². The number of hydrogen-bond acceptors (Lipinski definition) is 2. The van der Waals surface area contributed by atoms with Crippen molar-refractivity contribution in [1.29, 1.82) is 0 Å². The molecule has 1 aliphatic rings. The van der Waals surface area contributed by atoms with E-state index in [1.165, 1.54) is 5.56 Å². The molecule has 1 saturated heterocycles. The summed E-state index contributed by atoms with van der Waals surface area (Å²) in [6.07, 6.45) is 0. The van der Waals surface area contributed by atoms with Gasteiger partial charge in [0.25, 0.3) is 11.8 Å². The Hall–Kier alpha value is -2.62. The fourth-order valence-electron chi connectivity index (χ4n) is 3.07. The maximum atomic E-state index is 12.6. The lowest BCUT2D eigenvalue weighted by molar-refractivity contribution is 0.0535. The highest BCUT2D eigenvalue weighted by Crippen LogP contribution is 2.17. The predicted octanol–water partition coefficient (Wildman–Crippen LogP) is 3.41. The van der Waals surface area contributed by atoms with Gasteiger partial charge in [0.1, 0.15) is 0 Å². The van der Waals surface area contributed by atoms with E-state index in [1.54, 1.807) is 0 Å². The topological polar surface area (TPSA) is 40.6 Å². The summed E-state index contributed by atoms with van der Waals surface area (Å²) in [7, 11) is 0. The van der Waals surface area contributed by atoms with Crippen molar-refractivity contribution in [2.45, 2.75) is 19.8 Å². The quantitative estimate of drug-likeness (QED) is 0.862. The monoisotopic (exact) mass is 336 g/mol. The summed E-state index contributed by atoms with van der Waals surface area (Å²) in [6.45, 7) is 6.57. The summed E-state index contributed by atoms with van der Waals surface area (Å²) in [5.41, 5.74) is 2.65. The minimum atomic E-state index is 0.0361. The SMILES string of the molecule is CC(C)c1ccc(C(=O)N2CCN(C(=O)c3ccccc3)CC2)cc1. The van der Waals surface area contributed by atoms with Crippen molar-refractivity contribution in [1.82, 2.24) is 9.80 Å². The third-order valence-corrected chi connectivity index (χ3v) is 4.70. The largest absolute Gasteiger partial charge is 0.335 e. The first-order chi connectivity index (χ1) is 12.1. The highest BCUT2D eigenvalue weighted by atomic mass is 16.2. The summed E-state index contributed by atoms with van der Waals surface area (Å²) >= 11 is 0. The number of rotatable bonds is 3. The molecule has 2 aromatic rings. The molecular weight excluding hydrogens is 312 g/mol. The van der Waals surface area contributed by atoms with E-state index in [1.807, 2.05) is 64.4 Å². The molecule has 0 bridgehead atoms. The summed E-state index contributed by atoms with van der Waals surface area (Å²) in [5, 5.41) is 0. The van der Waals surface area contributed by atoms with Crippen LogP contribution in [-0.2, 0) is 0 Å². The summed E-state index contributed by atoms with van der Waals surface area (Å²) in [6, 6.07) is 17.1. The first kappa shape index (κ1) is 17.2. The molecule has 4 heteroatoms. The number of carbonyl (C=O) groups is 2. The van der Waals surface area contributed by atoms with Crippen LogP contribution in [0.3, 0.4) is 0 Å². The minimum absolute atomic E-state index is 0.0361. The van der Waals surface area contributed by atoms with Crippen molar-refractivity contribution in [3.05, 3.63) is 71.3 Å². The summed E-state index contributed by atoms with van der Waals surface area (Å²) in [5.74, 6) is 0.535. The lowest BCUT2D eigenvalue weighted by Gasteiger charge is -2.35. The Morgan fingerprint density at radius 3 is 1.60 bits per heavy atom. The minimum Gasteiger partial charge on any atom is -0.335 e. The van der Waals surface area contributed by atoms with Crippen molar-refractivity contribution >= 4 is 11.8 Å². The summed E-state index contributed by atoms with van der Waals surface area (Å²) < 4.78 is 0. The second-order valence-electron chi connectivity index (χ2n) is 6.73. The van der Waals surface area contributed by atoms with Gasteiger partial charge in [-0.25, -0.2) is 0 Å².